The van der Waals surface area contributed by atoms with Gasteiger partial charge in [-0.1, -0.05) is 42.5 Å². The molecule has 0 atom stereocenters. The van der Waals surface area contributed by atoms with Crippen molar-refractivity contribution in [1.29, 1.82) is 0 Å². The molecular weight excluding hydrogens is 310 g/mol. The van der Waals surface area contributed by atoms with E-state index in [-0.39, 0.29) is 0 Å². The minimum atomic E-state index is 0.784. The normalized spacial score (nSPS) is 14.3. The zero-order valence-electron chi connectivity index (χ0n) is 14.8. The van der Waals surface area contributed by atoms with Crippen LogP contribution in [-0.2, 0) is 19.5 Å². The highest BCUT2D eigenvalue weighted by molar-refractivity contribution is 5.90. The van der Waals surface area contributed by atoms with Gasteiger partial charge < -0.3 is 9.47 Å². The lowest BCUT2D eigenvalue weighted by atomic mass is 9.93. The quantitative estimate of drug-likeness (QED) is 0.706. The monoisotopic (exact) mass is 333 g/mol. The minimum absolute atomic E-state index is 0.784. The Labute approximate surface area is 148 Å². The maximum Gasteiger partial charge on any atom is 0.161 e. The van der Waals surface area contributed by atoms with Crippen molar-refractivity contribution in [1.82, 2.24) is 4.90 Å². The van der Waals surface area contributed by atoms with Crippen LogP contribution in [0.25, 0.3) is 10.8 Å². The Morgan fingerprint density at radius 1 is 0.920 bits per heavy atom. The van der Waals surface area contributed by atoms with Crippen molar-refractivity contribution in [3.05, 3.63) is 71.3 Å². The molecule has 0 aliphatic carbocycles. The van der Waals surface area contributed by atoms with Gasteiger partial charge in [-0.05, 0) is 46.0 Å². The fraction of sp³-hybridized carbons (Fsp3) is 0.273. The number of rotatable bonds is 4. The van der Waals surface area contributed by atoms with Crippen LogP contribution in [0.15, 0.2) is 54.6 Å². The Hall–Kier alpha value is -2.52. The first kappa shape index (κ1) is 16.0. The maximum atomic E-state index is 5.52. The first-order chi connectivity index (χ1) is 12.3. The summed E-state index contributed by atoms with van der Waals surface area (Å²) in [7, 11) is 3.38. The Morgan fingerprint density at radius 3 is 2.44 bits per heavy atom. The fourth-order valence-corrected chi connectivity index (χ4v) is 3.74. The smallest absolute Gasteiger partial charge is 0.161 e. The summed E-state index contributed by atoms with van der Waals surface area (Å²) in [4.78, 5) is 2.52. The predicted molar refractivity (Wildman–Crippen MR) is 101 cm³/mol. The predicted octanol–water partition coefficient (Wildman–Crippen LogP) is 4.42. The Balaban J connectivity index is 1.71. The van der Waals surface area contributed by atoms with Crippen LogP contribution in [0.1, 0.15) is 16.7 Å². The van der Waals surface area contributed by atoms with Gasteiger partial charge in [-0.3, -0.25) is 4.90 Å². The van der Waals surface area contributed by atoms with Gasteiger partial charge in [-0.2, -0.15) is 0 Å². The number of benzene rings is 3. The maximum absolute atomic E-state index is 5.52. The fourth-order valence-electron chi connectivity index (χ4n) is 3.74. The summed E-state index contributed by atoms with van der Waals surface area (Å²) in [5, 5.41) is 2.48. The minimum Gasteiger partial charge on any atom is -0.493 e. The number of hydrogen-bond acceptors (Lipinski definition) is 3. The van der Waals surface area contributed by atoms with Gasteiger partial charge in [0.15, 0.2) is 11.5 Å². The lowest BCUT2D eigenvalue weighted by molar-refractivity contribution is 0.247. The Morgan fingerprint density at radius 2 is 1.68 bits per heavy atom. The second-order valence-corrected chi connectivity index (χ2v) is 6.58. The first-order valence-corrected chi connectivity index (χ1v) is 8.71. The molecule has 3 nitrogen and oxygen atoms in total. The van der Waals surface area contributed by atoms with Crippen molar-refractivity contribution in [3.8, 4) is 11.5 Å². The van der Waals surface area contributed by atoms with E-state index in [1.165, 1.54) is 27.5 Å². The van der Waals surface area contributed by atoms with Crippen molar-refractivity contribution >= 4 is 10.8 Å². The molecule has 25 heavy (non-hydrogen) atoms. The van der Waals surface area contributed by atoms with Crippen LogP contribution in [0.5, 0.6) is 11.5 Å². The largest absolute Gasteiger partial charge is 0.493 e. The second-order valence-electron chi connectivity index (χ2n) is 6.58. The Bertz CT molecular complexity index is 889. The molecule has 3 heteroatoms. The third-order valence-electron chi connectivity index (χ3n) is 5.06. The van der Waals surface area contributed by atoms with Gasteiger partial charge >= 0.3 is 0 Å². The number of fused-ring (bicyclic) bond motifs is 3. The zero-order chi connectivity index (χ0) is 17.2. The van der Waals surface area contributed by atoms with Gasteiger partial charge in [0.1, 0.15) is 0 Å². The summed E-state index contributed by atoms with van der Waals surface area (Å²) in [6.07, 6.45) is 1.09. The molecule has 0 saturated carbocycles. The average Bonchev–Trinajstić information content (AvgIpc) is 2.67. The van der Waals surface area contributed by atoms with E-state index in [2.05, 4.69) is 59.5 Å². The topological polar surface area (TPSA) is 21.7 Å². The lowest BCUT2D eigenvalue weighted by Crippen LogP contribution is -2.30. The van der Waals surface area contributed by atoms with Crippen molar-refractivity contribution in [3.63, 3.8) is 0 Å². The van der Waals surface area contributed by atoms with Crippen LogP contribution in [0.2, 0.25) is 0 Å². The average molecular weight is 333 g/mol. The summed E-state index contributed by atoms with van der Waals surface area (Å²) >= 11 is 0. The summed E-state index contributed by atoms with van der Waals surface area (Å²) in [5.74, 6) is 1.58. The number of methoxy groups -OCH3 is 2. The highest BCUT2D eigenvalue weighted by Crippen LogP contribution is 2.36. The summed E-state index contributed by atoms with van der Waals surface area (Å²) < 4.78 is 11.0. The molecule has 0 bridgehead atoms. The molecule has 0 aromatic heterocycles. The molecular formula is C22H23NO2. The first-order valence-electron chi connectivity index (χ1n) is 8.71. The van der Waals surface area contributed by atoms with Gasteiger partial charge in [0.05, 0.1) is 14.2 Å². The van der Waals surface area contributed by atoms with Crippen LogP contribution in [0.4, 0.5) is 0 Å². The van der Waals surface area contributed by atoms with Crippen LogP contribution in [0, 0.1) is 0 Å². The van der Waals surface area contributed by atoms with Crippen molar-refractivity contribution in [2.45, 2.75) is 19.5 Å². The van der Waals surface area contributed by atoms with Crippen molar-refractivity contribution < 1.29 is 9.47 Å². The van der Waals surface area contributed by atoms with E-state index in [1.807, 2.05) is 0 Å². The molecule has 1 aliphatic heterocycles. The van der Waals surface area contributed by atoms with Gasteiger partial charge in [0.25, 0.3) is 0 Å². The molecule has 128 valence electrons. The molecule has 0 fully saturated rings. The van der Waals surface area contributed by atoms with Crippen LogP contribution >= 0.6 is 0 Å². The number of ether oxygens (including phenoxy) is 2. The zero-order valence-corrected chi connectivity index (χ0v) is 14.8. The molecule has 1 heterocycles. The van der Waals surface area contributed by atoms with Crippen LogP contribution in [0.3, 0.4) is 0 Å². The lowest BCUT2D eigenvalue weighted by Gasteiger charge is -2.30. The number of hydrogen-bond donors (Lipinski definition) is 0. The molecule has 1 aliphatic rings. The van der Waals surface area contributed by atoms with E-state index in [1.54, 1.807) is 14.2 Å². The molecule has 0 amide bonds. The highest BCUT2D eigenvalue weighted by atomic mass is 16.5. The molecule has 4 rings (SSSR count). The molecule has 0 saturated heterocycles. The molecule has 0 spiro atoms. The van der Waals surface area contributed by atoms with E-state index in [0.717, 1.165) is 37.6 Å². The summed E-state index contributed by atoms with van der Waals surface area (Å²) in [6.45, 7) is 3.06. The Kier molecular flexibility index (Phi) is 4.33. The summed E-state index contributed by atoms with van der Waals surface area (Å²) in [6, 6.07) is 19.4. The van der Waals surface area contributed by atoms with Crippen molar-refractivity contribution in [2.24, 2.45) is 0 Å². The van der Waals surface area contributed by atoms with Gasteiger partial charge in [-0.15, -0.1) is 0 Å². The molecule has 0 N–H and O–H groups in total. The molecule has 0 unspecified atom stereocenters. The van der Waals surface area contributed by atoms with E-state index >= 15 is 0 Å². The molecule has 3 aromatic carbocycles. The molecule has 3 aromatic rings. The van der Waals surface area contributed by atoms with Crippen LogP contribution < -0.4 is 9.47 Å². The van der Waals surface area contributed by atoms with Gasteiger partial charge in [0.2, 0.25) is 0 Å². The second kappa shape index (κ2) is 6.77. The van der Waals surface area contributed by atoms with E-state index in [0.29, 0.717) is 0 Å². The van der Waals surface area contributed by atoms with Gasteiger partial charge in [0, 0.05) is 19.6 Å². The number of nitrogens with zero attached hydrogens (tertiary/aromatic N) is 1. The van der Waals surface area contributed by atoms with E-state index in [9.17, 15) is 0 Å². The van der Waals surface area contributed by atoms with Gasteiger partial charge in [-0.25, -0.2) is 0 Å². The van der Waals surface area contributed by atoms with Crippen molar-refractivity contribution in [2.75, 3.05) is 20.8 Å². The van der Waals surface area contributed by atoms with E-state index < -0.39 is 0 Å². The van der Waals surface area contributed by atoms with Crippen LogP contribution in [-0.4, -0.2) is 25.7 Å². The SMILES string of the molecule is COc1cc2ccc3c(c2cc1OC)CN(Cc1ccccc1)CC3. The highest BCUT2D eigenvalue weighted by Gasteiger charge is 2.19. The third-order valence-corrected chi connectivity index (χ3v) is 5.06. The molecule has 0 radical (unpaired) electrons. The standard InChI is InChI=1S/C22H23NO2/c1-24-21-12-18-9-8-17-10-11-23(14-16-6-4-3-5-7-16)15-20(17)19(18)13-22(21)25-2/h3-9,12-13H,10-11,14-15H2,1-2H3. The van der Waals surface area contributed by atoms with E-state index in [4.69, 9.17) is 9.47 Å². The third kappa shape index (κ3) is 3.08. The summed E-state index contributed by atoms with van der Waals surface area (Å²) in [5.41, 5.74) is 4.23.